The molecule has 0 aromatic carbocycles. The molecule has 26 heavy (non-hydrogen) atoms. The van der Waals surface area contributed by atoms with E-state index in [-0.39, 0.29) is 37.6 Å². The Kier molecular flexibility index (Phi) is 14.2. The molecular weight excluding hydrogens is 340 g/mol. The lowest BCUT2D eigenvalue weighted by Gasteiger charge is -2.24. The zero-order valence-electron chi connectivity index (χ0n) is 15.5. The summed E-state index contributed by atoms with van der Waals surface area (Å²) in [6.45, 7) is 1.30. The Hall–Kier alpha value is -1.91. The predicted octanol–water partition coefficient (Wildman–Crippen LogP) is -1.39. The van der Waals surface area contributed by atoms with E-state index in [0.29, 0.717) is 26.1 Å². The molecule has 0 aliphatic heterocycles. The van der Waals surface area contributed by atoms with Gasteiger partial charge in [-0.05, 0) is 38.8 Å². The van der Waals surface area contributed by atoms with Gasteiger partial charge in [-0.15, -0.1) is 0 Å². The van der Waals surface area contributed by atoms with Crippen molar-refractivity contribution in [1.29, 1.82) is 0 Å². The van der Waals surface area contributed by atoms with Crippen LogP contribution in [0, 0.1) is 0 Å². The Morgan fingerprint density at radius 1 is 0.962 bits per heavy atom. The molecule has 0 saturated heterocycles. The SMILES string of the molecule is NCCCCCN(CC(=O)NC(CCCCN)COC(N)=O)C(=O)CN. The topological polar surface area (TPSA) is 180 Å². The molecule has 152 valence electrons. The molecular formula is C16H34N6O4. The number of carbonyl (C=O) groups excluding carboxylic acids is 3. The zero-order valence-corrected chi connectivity index (χ0v) is 15.5. The van der Waals surface area contributed by atoms with E-state index in [1.165, 1.54) is 4.90 Å². The summed E-state index contributed by atoms with van der Waals surface area (Å²) < 4.78 is 4.78. The van der Waals surface area contributed by atoms with Gasteiger partial charge in [-0.1, -0.05) is 12.8 Å². The first-order valence-corrected chi connectivity index (χ1v) is 9.04. The number of hydrogen-bond donors (Lipinski definition) is 5. The minimum absolute atomic E-state index is 0.0209. The smallest absolute Gasteiger partial charge is 0.404 e. The van der Waals surface area contributed by atoms with Crippen LogP contribution in [0.4, 0.5) is 4.79 Å². The largest absolute Gasteiger partial charge is 0.448 e. The highest BCUT2D eigenvalue weighted by Crippen LogP contribution is 2.03. The summed E-state index contributed by atoms with van der Waals surface area (Å²) in [7, 11) is 0. The summed E-state index contributed by atoms with van der Waals surface area (Å²) in [5.74, 6) is -0.627. The maximum atomic E-state index is 12.3. The summed E-state index contributed by atoms with van der Waals surface area (Å²) in [5.41, 5.74) is 21.3. The van der Waals surface area contributed by atoms with Gasteiger partial charge in [0.25, 0.3) is 0 Å². The number of primary amides is 1. The third-order valence-electron chi connectivity index (χ3n) is 3.79. The average Bonchev–Trinajstić information content (AvgIpc) is 2.61. The Morgan fingerprint density at radius 2 is 1.62 bits per heavy atom. The Balaban J connectivity index is 4.57. The first-order valence-electron chi connectivity index (χ1n) is 9.04. The Morgan fingerprint density at radius 3 is 2.19 bits per heavy atom. The second kappa shape index (κ2) is 15.4. The van der Waals surface area contributed by atoms with Crippen LogP contribution < -0.4 is 28.3 Å². The van der Waals surface area contributed by atoms with Crippen LogP contribution in [0.15, 0.2) is 0 Å². The van der Waals surface area contributed by atoms with Crippen LogP contribution in [0.2, 0.25) is 0 Å². The highest BCUT2D eigenvalue weighted by atomic mass is 16.5. The molecule has 0 aromatic rings. The Labute approximate surface area is 154 Å². The van der Waals surface area contributed by atoms with Crippen molar-refractivity contribution in [3.8, 4) is 0 Å². The van der Waals surface area contributed by atoms with Crippen molar-refractivity contribution >= 4 is 17.9 Å². The fraction of sp³-hybridized carbons (Fsp3) is 0.812. The number of carbonyl (C=O) groups is 3. The molecule has 0 aromatic heterocycles. The summed E-state index contributed by atoms with van der Waals surface area (Å²) in [4.78, 5) is 36.4. The molecule has 1 atom stereocenters. The predicted molar refractivity (Wildman–Crippen MR) is 98.9 cm³/mol. The van der Waals surface area contributed by atoms with Crippen LogP contribution in [0.3, 0.4) is 0 Å². The van der Waals surface area contributed by atoms with E-state index in [9.17, 15) is 14.4 Å². The van der Waals surface area contributed by atoms with Gasteiger partial charge in [0.1, 0.15) is 6.61 Å². The van der Waals surface area contributed by atoms with Crippen LogP contribution in [-0.4, -0.2) is 68.2 Å². The van der Waals surface area contributed by atoms with Gasteiger partial charge in [-0.2, -0.15) is 0 Å². The molecule has 0 radical (unpaired) electrons. The Bertz CT molecular complexity index is 422. The summed E-state index contributed by atoms with van der Waals surface area (Å²) in [6.07, 6.45) is 3.75. The maximum absolute atomic E-state index is 12.3. The number of amides is 3. The zero-order chi connectivity index (χ0) is 19.8. The average molecular weight is 374 g/mol. The lowest BCUT2D eigenvalue weighted by molar-refractivity contribution is -0.135. The quantitative estimate of drug-likeness (QED) is 0.219. The maximum Gasteiger partial charge on any atom is 0.404 e. The number of rotatable bonds is 15. The van der Waals surface area contributed by atoms with Gasteiger partial charge < -0.3 is 37.9 Å². The van der Waals surface area contributed by atoms with E-state index < -0.39 is 6.09 Å². The van der Waals surface area contributed by atoms with Crippen molar-refractivity contribution in [3.05, 3.63) is 0 Å². The number of nitrogens with one attached hydrogen (secondary N) is 1. The molecule has 0 aliphatic carbocycles. The van der Waals surface area contributed by atoms with E-state index in [4.69, 9.17) is 27.7 Å². The number of nitrogens with two attached hydrogens (primary N) is 4. The fourth-order valence-corrected chi connectivity index (χ4v) is 2.41. The molecule has 0 saturated carbocycles. The lowest BCUT2D eigenvalue weighted by atomic mass is 10.1. The third kappa shape index (κ3) is 12.5. The normalized spacial score (nSPS) is 11.7. The summed E-state index contributed by atoms with van der Waals surface area (Å²) in [6, 6.07) is -0.381. The van der Waals surface area contributed by atoms with Gasteiger partial charge in [0.2, 0.25) is 11.8 Å². The first kappa shape index (κ1) is 24.1. The van der Waals surface area contributed by atoms with Crippen LogP contribution in [0.1, 0.15) is 38.5 Å². The minimum atomic E-state index is -0.900. The number of ether oxygens (including phenoxy) is 1. The van der Waals surface area contributed by atoms with Gasteiger partial charge in [0.05, 0.1) is 19.1 Å². The molecule has 0 aliphatic rings. The van der Waals surface area contributed by atoms with Gasteiger partial charge in [-0.3, -0.25) is 9.59 Å². The number of hydrogen-bond acceptors (Lipinski definition) is 7. The molecule has 0 bridgehead atoms. The molecule has 0 rings (SSSR count). The molecule has 10 nitrogen and oxygen atoms in total. The number of nitrogens with zero attached hydrogens (tertiary/aromatic N) is 1. The van der Waals surface area contributed by atoms with Crippen LogP contribution >= 0.6 is 0 Å². The molecule has 0 fully saturated rings. The van der Waals surface area contributed by atoms with Crippen molar-refractivity contribution < 1.29 is 19.1 Å². The molecule has 9 N–H and O–H groups in total. The van der Waals surface area contributed by atoms with Crippen LogP contribution in [-0.2, 0) is 14.3 Å². The van der Waals surface area contributed by atoms with Gasteiger partial charge >= 0.3 is 6.09 Å². The van der Waals surface area contributed by atoms with E-state index in [1.807, 2.05) is 0 Å². The van der Waals surface area contributed by atoms with Gasteiger partial charge in [0, 0.05) is 6.54 Å². The monoisotopic (exact) mass is 374 g/mol. The van der Waals surface area contributed by atoms with Crippen LogP contribution in [0.5, 0.6) is 0 Å². The second-order valence-electron chi connectivity index (χ2n) is 6.05. The lowest BCUT2D eigenvalue weighted by Crippen LogP contribution is -2.47. The summed E-state index contributed by atoms with van der Waals surface area (Å²) in [5, 5.41) is 2.78. The van der Waals surface area contributed by atoms with Crippen molar-refractivity contribution in [1.82, 2.24) is 10.2 Å². The molecule has 0 heterocycles. The van der Waals surface area contributed by atoms with Gasteiger partial charge in [0.15, 0.2) is 0 Å². The standard InChI is InChI=1S/C16H34N6O4/c17-7-3-1-5-9-22(15(24)10-19)11-14(23)21-13(6-2-4-8-18)12-26-16(20)25/h13H,1-12,17-19H2,(H2,20,25)(H,21,23). The van der Waals surface area contributed by atoms with E-state index in [1.54, 1.807) is 0 Å². The number of unbranched alkanes of at least 4 members (excludes halogenated alkanes) is 3. The van der Waals surface area contributed by atoms with Gasteiger partial charge in [-0.25, -0.2) is 4.79 Å². The molecule has 1 unspecified atom stereocenters. The van der Waals surface area contributed by atoms with Crippen molar-refractivity contribution in [2.45, 2.75) is 44.6 Å². The van der Waals surface area contributed by atoms with Crippen LogP contribution in [0.25, 0.3) is 0 Å². The second-order valence-corrected chi connectivity index (χ2v) is 6.05. The molecule has 3 amide bonds. The summed E-state index contributed by atoms with van der Waals surface area (Å²) >= 11 is 0. The highest BCUT2D eigenvalue weighted by Gasteiger charge is 2.19. The van der Waals surface area contributed by atoms with Crippen molar-refractivity contribution in [2.24, 2.45) is 22.9 Å². The van der Waals surface area contributed by atoms with E-state index >= 15 is 0 Å². The third-order valence-corrected chi connectivity index (χ3v) is 3.79. The fourth-order valence-electron chi connectivity index (χ4n) is 2.41. The van der Waals surface area contributed by atoms with E-state index in [0.717, 1.165) is 32.1 Å². The molecule has 0 spiro atoms. The minimum Gasteiger partial charge on any atom is -0.448 e. The van der Waals surface area contributed by atoms with Crippen molar-refractivity contribution in [3.63, 3.8) is 0 Å². The van der Waals surface area contributed by atoms with E-state index in [2.05, 4.69) is 5.32 Å². The first-order chi connectivity index (χ1) is 12.4. The highest BCUT2D eigenvalue weighted by molar-refractivity contribution is 5.85. The molecule has 10 heteroatoms. The van der Waals surface area contributed by atoms with Crippen molar-refractivity contribution in [2.75, 3.05) is 39.3 Å².